The molecule has 112 valence electrons. The summed E-state index contributed by atoms with van der Waals surface area (Å²) in [5, 5.41) is 5.13. The Bertz CT molecular complexity index is 786. The quantitative estimate of drug-likeness (QED) is 0.723. The fourth-order valence-electron chi connectivity index (χ4n) is 2.35. The molecule has 2 N–H and O–H groups in total. The number of aryl methyl sites for hydroxylation is 2. The lowest BCUT2D eigenvalue weighted by atomic mass is 10.1. The summed E-state index contributed by atoms with van der Waals surface area (Å²) in [6.45, 7) is 3.93. The Hall–Kier alpha value is -2.46. The number of ether oxygens (including phenoxy) is 1. The highest BCUT2D eigenvalue weighted by molar-refractivity contribution is 6.30. The van der Waals surface area contributed by atoms with Gasteiger partial charge >= 0.3 is 0 Å². The van der Waals surface area contributed by atoms with E-state index in [0.717, 1.165) is 28.3 Å². The molecule has 0 unspecified atom stereocenters. The maximum Gasteiger partial charge on any atom is 0.238 e. The largest absolute Gasteiger partial charge is 0.437 e. The molecule has 3 rings (SSSR count). The van der Waals surface area contributed by atoms with Crippen LogP contribution >= 0.6 is 11.6 Å². The first kappa shape index (κ1) is 14.5. The summed E-state index contributed by atoms with van der Waals surface area (Å²) in [4.78, 5) is 0. The first-order chi connectivity index (χ1) is 10.5. The van der Waals surface area contributed by atoms with Gasteiger partial charge in [-0.3, -0.25) is 0 Å². The average Bonchev–Trinajstić information content (AvgIpc) is 2.92. The topological polar surface area (TPSA) is 53.1 Å². The number of nitrogens with zero attached hydrogens (tertiary/aromatic N) is 2. The molecule has 4 nitrogen and oxygen atoms in total. The molecule has 0 fully saturated rings. The molecule has 0 aliphatic rings. The number of hydrogen-bond donors (Lipinski definition) is 1. The molecule has 5 heteroatoms. The van der Waals surface area contributed by atoms with Gasteiger partial charge in [-0.2, -0.15) is 0 Å². The predicted octanol–water partition coefficient (Wildman–Crippen LogP) is 4.52. The molecule has 0 bridgehead atoms. The maximum atomic E-state index is 5.91. The van der Waals surface area contributed by atoms with E-state index in [1.165, 1.54) is 0 Å². The van der Waals surface area contributed by atoms with Crippen molar-refractivity contribution in [2.45, 2.75) is 13.8 Å². The molecule has 3 aromatic rings. The van der Waals surface area contributed by atoms with Gasteiger partial charge in [0.1, 0.15) is 5.75 Å². The van der Waals surface area contributed by atoms with E-state index in [-0.39, 0.29) is 0 Å². The Morgan fingerprint density at radius 2 is 1.68 bits per heavy atom. The number of hydrogen-bond acceptors (Lipinski definition) is 3. The second kappa shape index (κ2) is 5.73. The predicted molar refractivity (Wildman–Crippen MR) is 89.0 cm³/mol. The van der Waals surface area contributed by atoms with Gasteiger partial charge in [0.2, 0.25) is 5.88 Å². The SMILES string of the molecule is Cc1cc(N)cc(C)c1Oc1ccn(-c2ccc(Cl)cc2)n1. The van der Waals surface area contributed by atoms with Crippen molar-refractivity contribution in [2.75, 3.05) is 5.73 Å². The third kappa shape index (κ3) is 2.92. The van der Waals surface area contributed by atoms with E-state index in [1.807, 2.05) is 62.5 Å². The summed E-state index contributed by atoms with van der Waals surface area (Å²) in [5.74, 6) is 1.32. The van der Waals surface area contributed by atoms with Gasteiger partial charge in [-0.05, 0) is 61.4 Å². The van der Waals surface area contributed by atoms with Crippen molar-refractivity contribution in [2.24, 2.45) is 0 Å². The number of rotatable bonds is 3. The Balaban J connectivity index is 1.87. The molecule has 0 atom stereocenters. The van der Waals surface area contributed by atoms with Crippen molar-refractivity contribution in [3.63, 3.8) is 0 Å². The average molecular weight is 314 g/mol. The lowest BCUT2D eigenvalue weighted by molar-refractivity contribution is 0.451. The summed E-state index contributed by atoms with van der Waals surface area (Å²) < 4.78 is 7.65. The van der Waals surface area contributed by atoms with Crippen LogP contribution in [0.15, 0.2) is 48.7 Å². The first-order valence-electron chi connectivity index (χ1n) is 6.89. The van der Waals surface area contributed by atoms with E-state index in [4.69, 9.17) is 22.1 Å². The number of benzene rings is 2. The van der Waals surface area contributed by atoms with Crippen LogP contribution in [0.2, 0.25) is 5.02 Å². The molecule has 1 aromatic heterocycles. The molecule has 0 aliphatic heterocycles. The van der Waals surface area contributed by atoms with E-state index in [2.05, 4.69) is 5.10 Å². The van der Waals surface area contributed by atoms with Crippen LogP contribution in [0.5, 0.6) is 11.6 Å². The normalized spacial score (nSPS) is 10.7. The summed E-state index contributed by atoms with van der Waals surface area (Å²) in [6, 6.07) is 13.1. The van der Waals surface area contributed by atoms with Gasteiger partial charge in [-0.15, -0.1) is 5.10 Å². The van der Waals surface area contributed by atoms with Crippen LogP contribution in [-0.4, -0.2) is 9.78 Å². The molecule has 0 amide bonds. The molecule has 0 spiro atoms. The Morgan fingerprint density at radius 1 is 1.05 bits per heavy atom. The zero-order valence-corrected chi connectivity index (χ0v) is 13.1. The minimum absolute atomic E-state index is 0.533. The Labute approximate surface area is 134 Å². The molecule has 22 heavy (non-hydrogen) atoms. The van der Waals surface area contributed by atoms with Gasteiger partial charge in [0.15, 0.2) is 0 Å². The lowest BCUT2D eigenvalue weighted by Crippen LogP contribution is -1.97. The zero-order valence-electron chi connectivity index (χ0n) is 12.4. The fraction of sp³-hybridized carbons (Fsp3) is 0.118. The van der Waals surface area contributed by atoms with E-state index in [1.54, 1.807) is 4.68 Å². The summed E-state index contributed by atoms with van der Waals surface area (Å²) in [6.07, 6.45) is 1.85. The van der Waals surface area contributed by atoms with Gasteiger partial charge in [0.05, 0.1) is 5.69 Å². The maximum absolute atomic E-state index is 5.91. The zero-order chi connectivity index (χ0) is 15.7. The van der Waals surface area contributed by atoms with Gasteiger partial charge in [0, 0.05) is 23.0 Å². The van der Waals surface area contributed by atoms with Crippen LogP contribution in [0.4, 0.5) is 5.69 Å². The van der Waals surface area contributed by atoms with Crippen molar-refractivity contribution in [3.8, 4) is 17.3 Å². The highest BCUT2D eigenvalue weighted by atomic mass is 35.5. The summed E-state index contributed by atoms with van der Waals surface area (Å²) >= 11 is 5.89. The van der Waals surface area contributed by atoms with Crippen LogP contribution < -0.4 is 10.5 Å². The van der Waals surface area contributed by atoms with Crippen molar-refractivity contribution in [1.82, 2.24) is 9.78 Å². The number of nitrogen functional groups attached to an aromatic ring is 1. The highest BCUT2D eigenvalue weighted by Gasteiger charge is 2.09. The fourth-order valence-corrected chi connectivity index (χ4v) is 2.47. The van der Waals surface area contributed by atoms with Gasteiger partial charge in [-0.1, -0.05) is 11.6 Å². The molecule has 0 saturated heterocycles. The molecule has 0 saturated carbocycles. The summed E-state index contributed by atoms with van der Waals surface area (Å²) in [5.41, 5.74) is 9.45. The van der Waals surface area contributed by atoms with Crippen molar-refractivity contribution >= 4 is 17.3 Å². The van der Waals surface area contributed by atoms with Gasteiger partial charge < -0.3 is 10.5 Å². The van der Waals surface area contributed by atoms with Crippen molar-refractivity contribution in [1.29, 1.82) is 0 Å². The van der Waals surface area contributed by atoms with E-state index in [0.29, 0.717) is 10.9 Å². The van der Waals surface area contributed by atoms with E-state index < -0.39 is 0 Å². The molecule has 2 aromatic carbocycles. The third-order valence-electron chi connectivity index (χ3n) is 3.35. The van der Waals surface area contributed by atoms with Gasteiger partial charge in [-0.25, -0.2) is 4.68 Å². The monoisotopic (exact) mass is 313 g/mol. The molecular weight excluding hydrogens is 298 g/mol. The van der Waals surface area contributed by atoms with Gasteiger partial charge in [0.25, 0.3) is 0 Å². The van der Waals surface area contributed by atoms with Crippen molar-refractivity contribution < 1.29 is 4.74 Å². The second-order valence-corrected chi connectivity index (χ2v) is 5.60. The molecule has 0 aliphatic carbocycles. The molecular formula is C17H16ClN3O. The second-order valence-electron chi connectivity index (χ2n) is 5.16. The number of nitrogens with two attached hydrogens (primary N) is 1. The standard InChI is InChI=1S/C17H16ClN3O/c1-11-9-14(19)10-12(2)17(11)22-16-7-8-21(20-16)15-5-3-13(18)4-6-15/h3-10H,19H2,1-2H3. The van der Waals surface area contributed by atoms with E-state index in [9.17, 15) is 0 Å². The molecule has 1 heterocycles. The van der Waals surface area contributed by atoms with Crippen LogP contribution in [-0.2, 0) is 0 Å². The molecule has 0 radical (unpaired) electrons. The number of anilines is 1. The minimum Gasteiger partial charge on any atom is -0.437 e. The smallest absolute Gasteiger partial charge is 0.238 e. The lowest BCUT2D eigenvalue weighted by Gasteiger charge is -2.10. The number of aromatic nitrogens is 2. The van der Waals surface area contributed by atoms with Crippen LogP contribution in [0, 0.1) is 13.8 Å². The third-order valence-corrected chi connectivity index (χ3v) is 3.60. The minimum atomic E-state index is 0.533. The first-order valence-corrected chi connectivity index (χ1v) is 7.27. The Kier molecular flexibility index (Phi) is 3.77. The van der Waals surface area contributed by atoms with Crippen LogP contribution in [0.3, 0.4) is 0 Å². The summed E-state index contributed by atoms with van der Waals surface area (Å²) in [7, 11) is 0. The van der Waals surface area contributed by atoms with E-state index >= 15 is 0 Å². The van der Waals surface area contributed by atoms with Crippen LogP contribution in [0.1, 0.15) is 11.1 Å². The Morgan fingerprint density at radius 3 is 2.32 bits per heavy atom. The van der Waals surface area contributed by atoms with Crippen molar-refractivity contribution in [3.05, 3.63) is 64.8 Å². The van der Waals surface area contributed by atoms with Crippen LogP contribution in [0.25, 0.3) is 5.69 Å². The highest BCUT2D eigenvalue weighted by Crippen LogP contribution is 2.30. The number of halogens is 1.